The highest BCUT2D eigenvalue weighted by atomic mass is 16.5. The number of carbonyl (C=O) groups is 1. The maximum atomic E-state index is 11.5. The van der Waals surface area contributed by atoms with Crippen LogP contribution < -0.4 is 4.74 Å². The van der Waals surface area contributed by atoms with Crippen LogP contribution in [0.1, 0.15) is 38.3 Å². The van der Waals surface area contributed by atoms with Crippen LogP contribution in [-0.2, 0) is 9.53 Å². The van der Waals surface area contributed by atoms with E-state index in [1.807, 2.05) is 45.9 Å². The Morgan fingerprint density at radius 3 is 2.56 bits per heavy atom. The zero-order valence-corrected chi connectivity index (χ0v) is 11.9. The molecule has 3 heteroatoms. The van der Waals surface area contributed by atoms with Gasteiger partial charge in [0, 0.05) is 0 Å². The normalized spacial score (nSPS) is 11.2. The largest absolute Gasteiger partial charge is 0.487 e. The maximum absolute atomic E-state index is 11.5. The van der Waals surface area contributed by atoms with Crippen molar-refractivity contribution < 1.29 is 14.3 Å². The van der Waals surface area contributed by atoms with Gasteiger partial charge >= 0.3 is 5.97 Å². The molecule has 0 bridgehead atoms. The van der Waals surface area contributed by atoms with Crippen LogP contribution >= 0.6 is 0 Å². The summed E-state index contributed by atoms with van der Waals surface area (Å²) in [6, 6.07) is 6.05. The second kappa shape index (κ2) is 5.89. The van der Waals surface area contributed by atoms with E-state index in [0.717, 1.165) is 16.9 Å². The fraction of sp³-hybridized carbons (Fsp3) is 0.533. The van der Waals surface area contributed by atoms with E-state index in [2.05, 4.69) is 0 Å². The molecule has 1 aromatic rings. The van der Waals surface area contributed by atoms with Crippen molar-refractivity contribution in [1.82, 2.24) is 0 Å². The van der Waals surface area contributed by atoms with Gasteiger partial charge in [-0.05, 0) is 51.8 Å². The van der Waals surface area contributed by atoms with Crippen LogP contribution in [0.25, 0.3) is 0 Å². The first-order chi connectivity index (χ1) is 8.34. The molecule has 0 fully saturated rings. The Kier molecular flexibility index (Phi) is 4.76. The van der Waals surface area contributed by atoms with E-state index in [1.165, 1.54) is 0 Å². The Labute approximate surface area is 109 Å². The van der Waals surface area contributed by atoms with E-state index in [0.29, 0.717) is 6.61 Å². The Morgan fingerprint density at radius 2 is 1.94 bits per heavy atom. The van der Waals surface area contributed by atoms with Gasteiger partial charge in [0.2, 0.25) is 0 Å². The lowest BCUT2D eigenvalue weighted by Gasteiger charge is -2.26. The summed E-state index contributed by atoms with van der Waals surface area (Å²) >= 11 is 0. The third kappa shape index (κ3) is 4.40. The molecule has 0 amide bonds. The zero-order valence-electron chi connectivity index (χ0n) is 11.9. The molecular weight excluding hydrogens is 228 g/mol. The van der Waals surface area contributed by atoms with Crippen LogP contribution in [0.5, 0.6) is 5.75 Å². The van der Waals surface area contributed by atoms with Gasteiger partial charge in [-0.25, -0.2) is 0 Å². The number of carbonyl (C=O) groups excluding carboxylic acids is 1. The molecule has 1 aromatic carbocycles. The summed E-state index contributed by atoms with van der Waals surface area (Å²) in [5, 5.41) is 0. The van der Waals surface area contributed by atoms with E-state index >= 15 is 0 Å². The van der Waals surface area contributed by atoms with Crippen molar-refractivity contribution in [3.8, 4) is 5.75 Å². The predicted molar refractivity (Wildman–Crippen MR) is 71.9 cm³/mol. The van der Waals surface area contributed by atoms with Crippen LogP contribution in [0.2, 0.25) is 0 Å². The van der Waals surface area contributed by atoms with Crippen LogP contribution in [0.15, 0.2) is 18.2 Å². The van der Waals surface area contributed by atoms with Crippen LogP contribution in [0.3, 0.4) is 0 Å². The molecule has 0 aliphatic rings. The Balaban J connectivity index is 2.75. The number of hydrogen-bond donors (Lipinski definition) is 0. The standard InChI is InChI=1S/C15H22O3/c1-6-17-14(16)10-15(4,5)18-13-9-11(2)7-8-12(13)3/h7-9H,6,10H2,1-5H3. The first-order valence-corrected chi connectivity index (χ1v) is 6.26. The van der Waals surface area contributed by atoms with Crippen molar-refractivity contribution in [3.63, 3.8) is 0 Å². The van der Waals surface area contributed by atoms with Crippen LogP contribution in [-0.4, -0.2) is 18.2 Å². The van der Waals surface area contributed by atoms with Crippen molar-refractivity contribution in [3.05, 3.63) is 29.3 Å². The molecule has 3 nitrogen and oxygen atoms in total. The molecule has 0 aliphatic heterocycles. The van der Waals surface area contributed by atoms with Gasteiger partial charge < -0.3 is 9.47 Å². The highest BCUT2D eigenvalue weighted by Gasteiger charge is 2.25. The van der Waals surface area contributed by atoms with Crippen molar-refractivity contribution >= 4 is 5.97 Å². The number of hydrogen-bond acceptors (Lipinski definition) is 3. The van der Waals surface area contributed by atoms with E-state index in [-0.39, 0.29) is 12.4 Å². The molecule has 100 valence electrons. The quantitative estimate of drug-likeness (QED) is 0.751. The summed E-state index contributed by atoms with van der Waals surface area (Å²) in [6.45, 7) is 10.0. The third-order valence-corrected chi connectivity index (χ3v) is 2.61. The topological polar surface area (TPSA) is 35.5 Å². The summed E-state index contributed by atoms with van der Waals surface area (Å²) in [4.78, 5) is 11.5. The number of aryl methyl sites for hydroxylation is 2. The Hall–Kier alpha value is -1.51. The van der Waals surface area contributed by atoms with Gasteiger partial charge in [0.1, 0.15) is 11.4 Å². The van der Waals surface area contributed by atoms with Gasteiger partial charge in [0.15, 0.2) is 0 Å². The zero-order chi connectivity index (χ0) is 13.8. The minimum atomic E-state index is -0.565. The van der Waals surface area contributed by atoms with Crippen LogP contribution in [0, 0.1) is 13.8 Å². The molecule has 0 atom stereocenters. The SMILES string of the molecule is CCOC(=O)CC(C)(C)Oc1cc(C)ccc1C. The molecule has 0 N–H and O–H groups in total. The number of rotatable bonds is 5. The van der Waals surface area contributed by atoms with E-state index < -0.39 is 5.60 Å². The second-order valence-electron chi connectivity index (χ2n) is 5.11. The monoisotopic (exact) mass is 250 g/mol. The van der Waals surface area contributed by atoms with Gasteiger partial charge in [-0.2, -0.15) is 0 Å². The lowest BCUT2D eigenvalue weighted by molar-refractivity contribution is -0.146. The molecule has 0 radical (unpaired) electrons. The number of ether oxygens (including phenoxy) is 2. The Morgan fingerprint density at radius 1 is 1.28 bits per heavy atom. The molecule has 0 aliphatic carbocycles. The third-order valence-electron chi connectivity index (χ3n) is 2.61. The highest BCUT2D eigenvalue weighted by molar-refractivity contribution is 5.70. The summed E-state index contributed by atoms with van der Waals surface area (Å²) in [5.74, 6) is 0.595. The fourth-order valence-corrected chi connectivity index (χ4v) is 1.71. The van der Waals surface area contributed by atoms with E-state index in [4.69, 9.17) is 9.47 Å². The van der Waals surface area contributed by atoms with Gasteiger partial charge in [0.05, 0.1) is 13.0 Å². The average Bonchev–Trinajstić information content (AvgIpc) is 2.22. The fourth-order valence-electron chi connectivity index (χ4n) is 1.71. The molecular formula is C15H22O3. The van der Waals surface area contributed by atoms with Crippen molar-refractivity contribution in [2.75, 3.05) is 6.61 Å². The van der Waals surface area contributed by atoms with Gasteiger partial charge in [0.25, 0.3) is 0 Å². The highest BCUT2D eigenvalue weighted by Crippen LogP contribution is 2.26. The second-order valence-corrected chi connectivity index (χ2v) is 5.11. The van der Waals surface area contributed by atoms with Crippen molar-refractivity contribution in [2.45, 2.75) is 46.6 Å². The molecule has 0 saturated carbocycles. The lowest BCUT2D eigenvalue weighted by Crippen LogP contribution is -2.32. The number of benzene rings is 1. The average molecular weight is 250 g/mol. The molecule has 18 heavy (non-hydrogen) atoms. The van der Waals surface area contributed by atoms with E-state index in [1.54, 1.807) is 6.92 Å². The molecule has 0 saturated heterocycles. The maximum Gasteiger partial charge on any atom is 0.309 e. The summed E-state index contributed by atoms with van der Waals surface area (Å²) < 4.78 is 10.9. The molecule has 0 heterocycles. The molecule has 1 rings (SSSR count). The predicted octanol–water partition coefficient (Wildman–Crippen LogP) is 3.41. The Bertz CT molecular complexity index is 422. The van der Waals surface area contributed by atoms with Crippen LogP contribution in [0.4, 0.5) is 0 Å². The first kappa shape index (κ1) is 14.6. The van der Waals surface area contributed by atoms with Crippen molar-refractivity contribution in [2.24, 2.45) is 0 Å². The van der Waals surface area contributed by atoms with Gasteiger partial charge in [-0.15, -0.1) is 0 Å². The van der Waals surface area contributed by atoms with Gasteiger partial charge in [-0.1, -0.05) is 12.1 Å². The van der Waals surface area contributed by atoms with Crippen molar-refractivity contribution in [1.29, 1.82) is 0 Å². The van der Waals surface area contributed by atoms with E-state index in [9.17, 15) is 4.79 Å². The minimum absolute atomic E-state index is 0.229. The van der Waals surface area contributed by atoms with Gasteiger partial charge in [-0.3, -0.25) is 4.79 Å². The summed E-state index contributed by atoms with van der Waals surface area (Å²) in [7, 11) is 0. The molecule has 0 spiro atoms. The minimum Gasteiger partial charge on any atom is -0.487 e. The molecule has 0 unspecified atom stereocenters. The molecule has 0 aromatic heterocycles. The summed E-state index contributed by atoms with van der Waals surface area (Å²) in [6.07, 6.45) is 0.244. The summed E-state index contributed by atoms with van der Waals surface area (Å²) in [5.41, 5.74) is 1.64. The lowest BCUT2D eigenvalue weighted by atomic mass is 10.0. The first-order valence-electron chi connectivity index (χ1n) is 6.26. The number of esters is 1. The smallest absolute Gasteiger partial charge is 0.309 e.